The molecule has 1 heterocycles. The standard InChI is InChI=1S/C13H16FNO3/c1-9(13(17)15-6-5-11(16)8-15)18-12-4-2-3-10(14)7-12/h2-4,7,9,11,16H,5-6,8H2,1H3/t9?,11-/m1/s1. The number of halogens is 1. The molecule has 1 saturated heterocycles. The molecule has 0 aromatic heterocycles. The molecular formula is C13H16FNO3. The first kappa shape index (κ1) is 12.8. The Morgan fingerprint density at radius 3 is 3.00 bits per heavy atom. The molecule has 1 fully saturated rings. The fourth-order valence-corrected chi connectivity index (χ4v) is 1.99. The van der Waals surface area contributed by atoms with Gasteiger partial charge in [-0.05, 0) is 25.5 Å². The molecule has 4 nitrogen and oxygen atoms in total. The van der Waals surface area contributed by atoms with Crippen LogP contribution in [0.4, 0.5) is 4.39 Å². The molecule has 2 atom stereocenters. The molecule has 18 heavy (non-hydrogen) atoms. The third kappa shape index (κ3) is 2.98. The maximum atomic E-state index is 13.0. The zero-order valence-corrected chi connectivity index (χ0v) is 10.2. The first-order valence-electron chi connectivity index (χ1n) is 5.95. The van der Waals surface area contributed by atoms with Gasteiger partial charge in [0, 0.05) is 19.2 Å². The minimum absolute atomic E-state index is 0.184. The van der Waals surface area contributed by atoms with Crippen molar-refractivity contribution in [1.29, 1.82) is 0 Å². The summed E-state index contributed by atoms with van der Waals surface area (Å²) < 4.78 is 18.4. The van der Waals surface area contributed by atoms with Crippen LogP contribution in [0.3, 0.4) is 0 Å². The molecule has 5 heteroatoms. The lowest BCUT2D eigenvalue weighted by atomic mass is 10.3. The van der Waals surface area contributed by atoms with Gasteiger partial charge in [0.25, 0.3) is 5.91 Å². The molecule has 0 saturated carbocycles. The highest BCUT2D eigenvalue weighted by molar-refractivity contribution is 5.81. The van der Waals surface area contributed by atoms with E-state index in [0.29, 0.717) is 25.3 Å². The van der Waals surface area contributed by atoms with E-state index in [1.54, 1.807) is 17.9 Å². The number of rotatable bonds is 3. The summed E-state index contributed by atoms with van der Waals surface area (Å²) >= 11 is 0. The number of β-amino-alcohol motifs (C(OH)–C–C–N with tert-alkyl or cyclic N) is 1. The average molecular weight is 253 g/mol. The molecule has 1 aromatic rings. The summed E-state index contributed by atoms with van der Waals surface area (Å²) in [6, 6.07) is 5.69. The van der Waals surface area contributed by atoms with Gasteiger partial charge in [-0.3, -0.25) is 4.79 Å². The Morgan fingerprint density at radius 1 is 1.61 bits per heavy atom. The minimum Gasteiger partial charge on any atom is -0.481 e. The van der Waals surface area contributed by atoms with Crippen molar-refractivity contribution in [1.82, 2.24) is 4.90 Å². The van der Waals surface area contributed by atoms with E-state index in [1.807, 2.05) is 0 Å². The van der Waals surface area contributed by atoms with Crippen molar-refractivity contribution in [3.63, 3.8) is 0 Å². The Kier molecular flexibility index (Phi) is 3.81. The lowest BCUT2D eigenvalue weighted by molar-refractivity contribution is -0.137. The highest BCUT2D eigenvalue weighted by Crippen LogP contribution is 2.16. The smallest absolute Gasteiger partial charge is 0.263 e. The van der Waals surface area contributed by atoms with Crippen molar-refractivity contribution in [2.75, 3.05) is 13.1 Å². The summed E-state index contributed by atoms with van der Waals surface area (Å²) in [6.45, 7) is 2.50. The van der Waals surface area contributed by atoms with E-state index in [1.165, 1.54) is 18.2 Å². The van der Waals surface area contributed by atoms with Crippen molar-refractivity contribution in [2.24, 2.45) is 0 Å². The summed E-state index contributed by atoms with van der Waals surface area (Å²) in [7, 11) is 0. The number of carbonyl (C=O) groups excluding carboxylic acids is 1. The molecule has 0 radical (unpaired) electrons. The van der Waals surface area contributed by atoms with Gasteiger partial charge in [-0.2, -0.15) is 0 Å². The summed E-state index contributed by atoms with van der Waals surface area (Å²) in [5.41, 5.74) is 0. The van der Waals surface area contributed by atoms with Crippen LogP contribution in [-0.4, -0.2) is 41.2 Å². The van der Waals surface area contributed by atoms with Crippen LogP contribution < -0.4 is 4.74 Å². The van der Waals surface area contributed by atoms with E-state index in [2.05, 4.69) is 0 Å². The first-order chi connectivity index (χ1) is 8.56. The van der Waals surface area contributed by atoms with Gasteiger partial charge in [-0.1, -0.05) is 6.07 Å². The van der Waals surface area contributed by atoms with E-state index >= 15 is 0 Å². The van der Waals surface area contributed by atoms with Gasteiger partial charge >= 0.3 is 0 Å². The maximum Gasteiger partial charge on any atom is 0.263 e. The number of hydrogen-bond donors (Lipinski definition) is 1. The average Bonchev–Trinajstić information content (AvgIpc) is 2.75. The predicted octanol–water partition coefficient (Wildman–Crippen LogP) is 1.19. The zero-order valence-electron chi connectivity index (χ0n) is 10.2. The molecule has 0 bridgehead atoms. The van der Waals surface area contributed by atoms with Crippen molar-refractivity contribution in [3.8, 4) is 5.75 Å². The molecular weight excluding hydrogens is 237 g/mol. The lowest BCUT2D eigenvalue weighted by Gasteiger charge is -2.21. The van der Waals surface area contributed by atoms with Crippen LogP contribution in [0.1, 0.15) is 13.3 Å². The Balaban J connectivity index is 1.95. The third-order valence-electron chi connectivity index (χ3n) is 2.93. The number of likely N-dealkylation sites (tertiary alicyclic amines) is 1. The van der Waals surface area contributed by atoms with Crippen LogP contribution in [0.5, 0.6) is 5.75 Å². The molecule has 1 N–H and O–H groups in total. The van der Waals surface area contributed by atoms with Crippen LogP contribution in [0.2, 0.25) is 0 Å². The molecule has 2 rings (SSSR count). The van der Waals surface area contributed by atoms with Crippen molar-refractivity contribution < 1.29 is 19.0 Å². The molecule has 0 spiro atoms. The molecule has 1 unspecified atom stereocenters. The normalized spacial score (nSPS) is 20.8. The topological polar surface area (TPSA) is 49.8 Å². The van der Waals surface area contributed by atoms with Gasteiger partial charge in [0.05, 0.1) is 6.10 Å². The molecule has 98 valence electrons. The van der Waals surface area contributed by atoms with Gasteiger partial charge in [-0.15, -0.1) is 0 Å². The largest absolute Gasteiger partial charge is 0.481 e. The van der Waals surface area contributed by atoms with E-state index in [0.717, 1.165) is 0 Å². The number of carbonyl (C=O) groups is 1. The second kappa shape index (κ2) is 5.35. The molecule has 1 amide bonds. The quantitative estimate of drug-likeness (QED) is 0.880. The maximum absolute atomic E-state index is 13.0. The summed E-state index contributed by atoms with van der Waals surface area (Å²) in [6.07, 6.45) is -0.536. The predicted molar refractivity (Wildman–Crippen MR) is 63.7 cm³/mol. The van der Waals surface area contributed by atoms with Crippen molar-refractivity contribution in [3.05, 3.63) is 30.1 Å². The Hall–Kier alpha value is -1.62. The van der Waals surface area contributed by atoms with Gasteiger partial charge in [0.1, 0.15) is 11.6 Å². The van der Waals surface area contributed by atoms with E-state index in [4.69, 9.17) is 4.74 Å². The Morgan fingerprint density at radius 2 is 2.39 bits per heavy atom. The molecule has 1 aliphatic rings. The number of aliphatic hydroxyl groups excluding tert-OH is 1. The second-order valence-electron chi connectivity index (χ2n) is 4.44. The van der Waals surface area contributed by atoms with Gasteiger partial charge in [0.2, 0.25) is 0 Å². The second-order valence-corrected chi connectivity index (χ2v) is 4.44. The number of amides is 1. The first-order valence-corrected chi connectivity index (χ1v) is 5.95. The third-order valence-corrected chi connectivity index (χ3v) is 2.93. The van der Waals surface area contributed by atoms with Crippen LogP contribution >= 0.6 is 0 Å². The van der Waals surface area contributed by atoms with Gasteiger partial charge in [-0.25, -0.2) is 4.39 Å². The van der Waals surface area contributed by atoms with Crippen molar-refractivity contribution >= 4 is 5.91 Å². The molecule has 1 aliphatic heterocycles. The summed E-state index contributed by atoms with van der Waals surface area (Å²) in [5.74, 6) is -0.254. The van der Waals surface area contributed by atoms with E-state index in [9.17, 15) is 14.3 Å². The van der Waals surface area contributed by atoms with Crippen LogP contribution in [-0.2, 0) is 4.79 Å². The molecule has 1 aromatic carbocycles. The fraction of sp³-hybridized carbons (Fsp3) is 0.462. The molecule has 0 aliphatic carbocycles. The fourth-order valence-electron chi connectivity index (χ4n) is 1.99. The summed E-state index contributed by atoms with van der Waals surface area (Å²) in [5, 5.41) is 9.37. The van der Waals surface area contributed by atoms with Crippen LogP contribution in [0, 0.1) is 5.82 Å². The zero-order chi connectivity index (χ0) is 13.1. The number of benzene rings is 1. The minimum atomic E-state index is -0.683. The van der Waals surface area contributed by atoms with Crippen LogP contribution in [0.25, 0.3) is 0 Å². The van der Waals surface area contributed by atoms with Gasteiger partial charge in [0.15, 0.2) is 6.10 Å². The lowest BCUT2D eigenvalue weighted by Crippen LogP contribution is -2.39. The summed E-state index contributed by atoms with van der Waals surface area (Å²) in [4.78, 5) is 13.5. The Labute approximate surface area is 105 Å². The van der Waals surface area contributed by atoms with E-state index in [-0.39, 0.29) is 5.91 Å². The number of nitrogens with zero attached hydrogens (tertiary/aromatic N) is 1. The SMILES string of the molecule is CC(Oc1cccc(F)c1)C(=O)N1CC[C@@H](O)C1. The van der Waals surface area contributed by atoms with Crippen molar-refractivity contribution in [2.45, 2.75) is 25.6 Å². The van der Waals surface area contributed by atoms with Crippen LogP contribution in [0.15, 0.2) is 24.3 Å². The number of aliphatic hydroxyl groups is 1. The number of ether oxygens (including phenoxy) is 1. The highest BCUT2D eigenvalue weighted by Gasteiger charge is 2.28. The highest BCUT2D eigenvalue weighted by atomic mass is 19.1. The Bertz CT molecular complexity index is 438. The van der Waals surface area contributed by atoms with Gasteiger partial charge < -0.3 is 14.7 Å². The van der Waals surface area contributed by atoms with E-state index < -0.39 is 18.0 Å². The number of hydrogen-bond acceptors (Lipinski definition) is 3. The monoisotopic (exact) mass is 253 g/mol.